The number of anilines is 1. The molecule has 4 rings (SSSR count). The highest BCUT2D eigenvalue weighted by atomic mass is 32.1. The average Bonchev–Trinajstić information content (AvgIpc) is 3.25. The number of amides is 3. The molecule has 36 heavy (non-hydrogen) atoms. The summed E-state index contributed by atoms with van der Waals surface area (Å²) in [6.45, 7) is 6.46. The van der Waals surface area contributed by atoms with Crippen LogP contribution in [-0.4, -0.2) is 65.5 Å². The first-order valence-corrected chi connectivity index (χ1v) is 13.8. The van der Waals surface area contributed by atoms with E-state index in [0.29, 0.717) is 11.0 Å². The molecule has 0 bridgehead atoms. The number of aryl methyl sites for hydroxylation is 1. The molecule has 1 aliphatic heterocycles. The van der Waals surface area contributed by atoms with Crippen molar-refractivity contribution in [2.75, 3.05) is 32.0 Å². The molecule has 0 unspecified atom stereocenters. The summed E-state index contributed by atoms with van der Waals surface area (Å²) in [6.07, 6.45) is 5.85. The van der Waals surface area contributed by atoms with Crippen LogP contribution in [0.1, 0.15) is 50.3 Å². The van der Waals surface area contributed by atoms with Gasteiger partial charge in [0.2, 0.25) is 5.91 Å². The van der Waals surface area contributed by atoms with Crippen molar-refractivity contribution in [3.63, 3.8) is 0 Å². The van der Waals surface area contributed by atoms with Crippen molar-refractivity contribution in [1.29, 1.82) is 0 Å². The van der Waals surface area contributed by atoms with Crippen LogP contribution in [0.5, 0.6) is 0 Å². The molecule has 7 nitrogen and oxygen atoms in total. The van der Waals surface area contributed by atoms with Gasteiger partial charge in [-0.1, -0.05) is 12.1 Å². The van der Waals surface area contributed by atoms with Crippen LogP contribution in [0.4, 0.5) is 14.3 Å². The third-order valence-corrected chi connectivity index (χ3v) is 8.56. The van der Waals surface area contributed by atoms with E-state index in [4.69, 9.17) is 0 Å². The zero-order valence-electron chi connectivity index (χ0n) is 21.5. The first-order chi connectivity index (χ1) is 17.3. The Labute approximate surface area is 217 Å². The maximum atomic E-state index is 13.3. The number of carbonyl (C=O) groups is 2. The molecule has 1 saturated heterocycles. The van der Waals surface area contributed by atoms with Crippen LogP contribution in [0, 0.1) is 24.6 Å². The molecule has 2 aromatic rings. The van der Waals surface area contributed by atoms with E-state index in [1.54, 1.807) is 6.92 Å². The van der Waals surface area contributed by atoms with Gasteiger partial charge in [-0.3, -0.25) is 10.1 Å². The number of nitrogens with zero attached hydrogens (tertiary/aromatic N) is 3. The summed E-state index contributed by atoms with van der Waals surface area (Å²) in [5.74, 6) is 0.670. The summed E-state index contributed by atoms with van der Waals surface area (Å²) < 4.78 is 13.3. The molecular formula is C27H38FN5O2S. The van der Waals surface area contributed by atoms with Gasteiger partial charge in [-0.05, 0) is 81.5 Å². The van der Waals surface area contributed by atoms with Gasteiger partial charge in [-0.25, -0.2) is 14.2 Å². The van der Waals surface area contributed by atoms with Crippen molar-refractivity contribution in [2.45, 2.75) is 64.5 Å². The molecule has 0 radical (unpaired) electrons. The first-order valence-electron chi connectivity index (χ1n) is 13.0. The number of thiazole rings is 1. The molecule has 2 aliphatic rings. The van der Waals surface area contributed by atoms with E-state index in [2.05, 4.69) is 20.5 Å². The second-order valence-corrected chi connectivity index (χ2v) is 11.3. The van der Waals surface area contributed by atoms with Crippen molar-refractivity contribution < 1.29 is 14.0 Å². The number of hydrogen-bond donors (Lipinski definition) is 2. The van der Waals surface area contributed by atoms with E-state index >= 15 is 0 Å². The van der Waals surface area contributed by atoms with Gasteiger partial charge in [-0.15, -0.1) is 11.3 Å². The summed E-state index contributed by atoms with van der Waals surface area (Å²) in [6, 6.07) is 6.87. The van der Waals surface area contributed by atoms with Crippen LogP contribution in [0.15, 0.2) is 29.6 Å². The van der Waals surface area contributed by atoms with Gasteiger partial charge in [0.1, 0.15) is 5.82 Å². The molecular weight excluding hydrogens is 477 g/mol. The van der Waals surface area contributed by atoms with Crippen molar-refractivity contribution >= 4 is 28.4 Å². The highest BCUT2D eigenvalue weighted by Gasteiger charge is 2.36. The maximum Gasteiger partial charge on any atom is 0.321 e. The monoisotopic (exact) mass is 515 g/mol. The number of piperidine rings is 1. The Morgan fingerprint density at radius 2 is 2.00 bits per heavy atom. The van der Waals surface area contributed by atoms with Crippen LogP contribution in [0.2, 0.25) is 0 Å². The second kappa shape index (κ2) is 12.1. The van der Waals surface area contributed by atoms with Crippen molar-refractivity contribution in [1.82, 2.24) is 20.1 Å². The van der Waals surface area contributed by atoms with Crippen LogP contribution >= 0.6 is 11.3 Å². The van der Waals surface area contributed by atoms with Gasteiger partial charge in [-0.2, -0.15) is 0 Å². The largest absolute Gasteiger partial charge is 0.343 e. The molecule has 0 spiro atoms. The molecule has 9 heteroatoms. The lowest BCUT2D eigenvalue weighted by Gasteiger charge is -2.43. The molecule has 1 aromatic heterocycles. The predicted molar refractivity (Wildman–Crippen MR) is 142 cm³/mol. The molecule has 2 heterocycles. The molecule has 1 aliphatic carbocycles. The fourth-order valence-electron chi connectivity index (χ4n) is 5.72. The number of rotatable bonds is 7. The fourth-order valence-corrected chi connectivity index (χ4v) is 6.41. The Morgan fingerprint density at radius 3 is 2.69 bits per heavy atom. The molecule has 3 amide bonds. The summed E-state index contributed by atoms with van der Waals surface area (Å²) >= 11 is 1.42. The van der Waals surface area contributed by atoms with Gasteiger partial charge in [0.25, 0.3) is 0 Å². The summed E-state index contributed by atoms with van der Waals surface area (Å²) in [7, 11) is 1.88. The number of halogens is 1. The van der Waals surface area contributed by atoms with E-state index < -0.39 is 0 Å². The SMILES string of the molecule is CC(=O)N(C)[C@@H]1CC[C@@H](NC(=O)Nc2nc(C)cs2)[C@H](CN2CCC[C@@H](Cc3ccc(F)cc3)C2)C1. The van der Waals surface area contributed by atoms with E-state index in [9.17, 15) is 14.0 Å². The number of hydrogen-bond acceptors (Lipinski definition) is 5. The Kier molecular flexibility index (Phi) is 8.95. The normalized spacial score (nSPS) is 24.8. The standard InChI is InChI=1S/C27H38FN5O2S/c1-18-17-36-27(29-18)31-26(35)30-25-11-10-24(32(3)19(2)34)14-22(25)16-33-12-4-5-21(15-33)13-20-6-8-23(28)9-7-20/h6-9,17,21-22,24-25H,4-5,10-16H2,1-3H3,(H2,29,30,31,35)/t21-,22-,24+,25+/m0/s1. The Bertz CT molecular complexity index is 1030. The Hall–Kier alpha value is -2.52. The lowest BCUT2D eigenvalue weighted by atomic mass is 9.80. The minimum absolute atomic E-state index is 0.0418. The minimum atomic E-state index is -0.217. The lowest BCUT2D eigenvalue weighted by Crippen LogP contribution is -2.53. The zero-order chi connectivity index (χ0) is 25.7. The topological polar surface area (TPSA) is 77.6 Å². The van der Waals surface area contributed by atoms with Gasteiger partial charge in [0.15, 0.2) is 5.13 Å². The van der Waals surface area contributed by atoms with Gasteiger partial charge in [0.05, 0.1) is 5.69 Å². The number of nitrogens with one attached hydrogen (secondary N) is 2. The molecule has 1 aromatic carbocycles. The van der Waals surface area contributed by atoms with Crippen LogP contribution in [-0.2, 0) is 11.2 Å². The van der Waals surface area contributed by atoms with E-state index in [0.717, 1.165) is 57.4 Å². The van der Waals surface area contributed by atoms with Crippen molar-refractivity contribution in [3.8, 4) is 0 Å². The Morgan fingerprint density at radius 1 is 1.22 bits per heavy atom. The smallest absolute Gasteiger partial charge is 0.321 e. The molecule has 4 atom stereocenters. The average molecular weight is 516 g/mol. The highest BCUT2D eigenvalue weighted by Crippen LogP contribution is 2.31. The third kappa shape index (κ3) is 7.26. The molecule has 196 valence electrons. The summed E-state index contributed by atoms with van der Waals surface area (Å²) in [5, 5.41) is 8.61. The number of benzene rings is 1. The van der Waals surface area contributed by atoms with Crippen LogP contribution < -0.4 is 10.6 Å². The second-order valence-electron chi connectivity index (χ2n) is 10.5. The molecule has 1 saturated carbocycles. The zero-order valence-corrected chi connectivity index (χ0v) is 22.3. The van der Waals surface area contributed by atoms with Crippen molar-refractivity contribution in [3.05, 3.63) is 46.7 Å². The van der Waals surface area contributed by atoms with Gasteiger partial charge in [0, 0.05) is 44.5 Å². The summed E-state index contributed by atoms with van der Waals surface area (Å²) in [4.78, 5) is 33.5. The van der Waals surface area contributed by atoms with E-state index in [1.165, 1.54) is 35.5 Å². The van der Waals surface area contributed by atoms with Gasteiger partial charge < -0.3 is 15.1 Å². The van der Waals surface area contributed by atoms with Crippen LogP contribution in [0.25, 0.3) is 0 Å². The number of aromatic nitrogens is 1. The first kappa shape index (κ1) is 26.5. The number of likely N-dealkylation sites (tertiary alicyclic amines) is 1. The minimum Gasteiger partial charge on any atom is -0.343 e. The van der Waals surface area contributed by atoms with Gasteiger partial charge >= 0.3 is 6.03 Å². The fraction of sp³-hybridized carbons (Fsp3) is 0.593. The van der Waals surface area contributed by atoms with Crippen LogP contribution in [0.3, 0.4) is 0 Å². The molecule has 2 N–H and O–H groups in total. The molecule has 2 fully saturated rings. The Balaban J connectivity index is 1.39. The van der Waals surface area contributed by atoms with Crippen molar-refractivity contribution in [2.24, 2.45) is 11.8 Å². The third-order valence-electron chi connectivity index (χ3n) is 7.69. The maximum absolute atomic E-state index is 13.3. The predicted octanol–water partition coefficient (Wildman–Crippen LogP) is 4.68. The lowest BCUT2D eigenvalue weighted by molar-refractivity contribution is -0.130. The highest BCUT2D eigenvalue weighted by molar-refractivity contribution is 7.13. The van der Waals surface area contributed by atoms with E-state index in [1.807, 2.05) is 36.4 Å². The summed E-state index contributed by atoms with van der Waals surface area (Å²) in [5.41, 5.74) is 2.07. The van der Waals surface area contributed by atoms with E-state index in [-0.39, 0.29) is 35.8 Å². The quantitative estimate of drug-likeness (QED) is 0.561. The number of urea groups is 1. The number of carbonyl (C=O) groups excluding carboxylic acids is 2.